The summed E-state index contributed by atoms with van der Waals surface area (Å²) in [6.45, 7) is 2.50. The maximum absolute atomic E-state index is 2.53. The van der Waals surface area contributed by atoms with Gasteiger partial charge in [0.05, 0.1) is 0 Å². The normalized spacial score (nSPS) is 40.9. The van der Waals surface area contributed by atoms with Crippen molar-refractivity contribution in [3.05, 3.63) is 0 Å². The van der Waals surface area contributed by atoms with Crippen LogP contribution in [0.5, 0.6) is 0 Å². The third-order valence-corrected chi connectivity index (χ3v) is 4.23. The highest BCUT2D eigenvalue weighted by Gasteiger charge is 2.36. The summed E-state index contributed by atoms with van der Waals surface area (Å²) in [5, 5.41) is 0. The van der Waals surface area contributed by atoms with E-state index in [4.69, 9.17) is 0 Å². The van der Waals surface area contributed by atoms with Gasteiger partial charge in [-0.25, -0.2) is 3.11 Å². The maximum Gasteiger partial charge on any atom is 0.0350 e. The summed E-state index contributed by atoms with van der Waals surface area (Å²) in [6.07, 6.45) is 4.26. The first-order valence-corrected chi connectivity index (χ1v) is 5.38. The molecule has 0 aromatic carbocycles. The van der Waals surface area contributed by atoms with Crippen molar-refractivity contribution < 1.29 is 0 Å². The largest absolute Gasteiger partial charge is 0.301 e. The van der Waals surface area contributed by atoms with Crippen LogP contribution in [0.25, 0.3) is 0 Å². The van der Waals surface area contributed by atoms with E-state index in [1.165, 1.54) is 32.4 Å². The van der Waals surface area contributed by atoms with Crippen molar-refractivity contribution in [2.24, 2.45) is 0 Å². The van der Waals surface area contributed by atoms with E-state index in [-0.39, 0.29) is 0 Å². The third-order valence-electron chi connectivity index (χ3n) is 3.04. The lowest BCUT2D eigenvalue weighted by atomic mass is 10.1. The Morgan fingerprint density at radius 1 is 1.18 bits per heavy atom. The summed E-state index contributed by atoms with van der Waals surface area (Å²) < 4.78 is 2.51. The molecule has 2 aliphatic rings. The van der Waals surface area contributed by atoms with Gasteiger partial charge in [0.25, 0.3) is 0 Å². The molecule has 3 heteroatoms. The van der Waals surface area contributed by atoms with Crippen LogP contribution in [0, 0.1) is 0 Å². The second-order valence-corrected chi connectivity index (χ2v) is 4.91. The van der Waals surface area contributed by atoms with Gasteiger partial charge in [0.1, 0.15) is 0 Å². The fourth-order valence-corrected chi connectivity index (χ4v) is 3.21. The predicted molar refractivity (Wildman–Crippen MR) is 54.8 cm³/mol. The fraction of sp³-hybridized carbons (Fsp3) is 1.00. The number of halogens is 1. The average molecular weight is 266 g/mol. The van der Waals surface area contributed by atoms with Crippen molar-refractivity contribution in [3.63, 3.8) is 0 Å². The van der Waals surface area contributed by atoms with E-state index in [0.717, 1.165) is 12.1 Å². The lowest BCUT2D eigenvalue weighted by molar-refractivity contribution is 0.127. The van der Waals surface area contributed by atoms with E-state index in [0.29, 0.717) is 0 Å². The number of fused-ring (bicyclic) bond motifs is 1. The van der Waals surface area contributed by atoms with E-state index in [1.807, 2.05) is 0 Å². The molecular weight excluding hydrogens is 251 g/mol. The number of nitrogens with zero attached hydrogens (tertiary/aromatic N) is 2. The highest BCUT2D eigenvalue weighted by Crippen LogP contribution is 2.32. The zero-order chi connectivity index (χ0) is 7.84. The summed E-state index contributed by atoms with van der Waals surface area (Å²) in [6, 6.07) is 1.72. The van der Waals surface area contributed by atoms with Gasteiger partial charge in [-0.3, -0.25) is 0 Å². The number of hydrogen-bond donors (Lipinski definition) is 0. The van der Waals surface area contributed by atoms with Crippen molar-refractivity contribution in [1.29, 1.82) is 0 Å². The van der Waals surface area contributed by atoms with Crippen molar-refractivity contribution in [3.8, 4) is 0 Å². The van der Waals surface area contributed by atoms with E-state index >= 15 is 0 Å². The van der Waals surface area contributed by atoms with Crippen molar-refractivity contribution in [2.75, 3.05) is 20.1 Å². The lowest BCUT2D eigenvalue weighted by Crippen LogP contribution is -2.52. The molecule has 1 saturated heterocycles. The van der Waals surface area contributed by atoms with Crippen LogP contribution in [0.4, 0.5) is 0 Å². The Kier molecular flexibility index (Phi) is 2.39. The minimum Gasteiger partial charge on any atom is -0.301 e. The molecule has 1 saturated carbocycles. The van der Waals surface area contributed by atoms with Crippen LogP contribution in [0.15, 0.2) is 0 Å². The van der Waals surface area contributed by atoms with Gasteiger partial charge in [-0.1, -0.05) is 6.42 Å². The molecule has 2 fully saturated rings. The lowest BCUT2D eigenvalue weighted by Gasteiger charge is -2.39. The second-order valence-electron chi connectivity index (χ2n) is 3.67. The molecule has 2 atom stereocenters. The topological polar surface area (TPSA) is 6.48 Å². The molecule has 0 bridgehead atoms. The van der Waals surface area contributed by atoms with Crippen LogP contribution in [-0.2, 0) is 0 Å². The minimum absolute atomic E-state index is 0.856. The molecule has 0 radical (unpaired) electrons. The number of hydrogen-bond acceptors (Lipinski definition) is 2. The second kappa shape index (κ2) is 3.18. The Labute approximate surface area is 82.4 Å². The van der Waals surface area contributed by atoms with Crippen molar-refractivity contribution in [1.82, 2.24) is 8.01 Å². The van der Waals surface area contributed by atoms with E-state index in [2.05, 4.69) is 37.9 Å². The Morgan fingerprint density at radius 3 is 2.64 bits per heavy atom. The Morgan fingerprint density at radius 2 is 1.91 bits per heavy atom. The number of rotatable bonds is 0. The van der Waals surface area contributed by atoms with Crippen LogP contribution >= 0.6 is 22.9 Å². The van der Waals surface area contributed by atoms with Gasteiger partial charge in [0.15, 0.2) is 0 Å². The Bertz CT molecular complexity index is 135. The quantitative estimate of drug-likeness (QED) is 0.484. The molecule has 1 aliphatic heterocycles. The van der Waals surface area contributed by atoms with Gasteiger partial charge < -0.3 is 4.90 Å². The van der Waals surface area contributed by atoms with Crippen LogP contribution in [0.2, 0.25) is 0 Å². The molecular formula is C8H15IN2. The van der Waals surface area contributed by atoms with Gasteiger partial charge in [0, 0.05) is 48.0 Å². The molecule has 2 rings (SSSR count). The van der Waals surface area contributed by atoms with Gasteiger partial charge in [-0.15, -0.1) is 0 Å². The molecule has 1 aliphatic carbocycles. The van der Waals surface area contributed by atoms with E-state index in [1.54, 1.807) is 0 Å². The Hall–Kier alpha value is 0.650. The number of likely N-dealkylation sites (N-methyl/N-ethyl adjacent to an activating group) is 1. The molecule has 2 nitrogen and oxygen atoms in total. The molecule has 0 spiro atoms. The maximum atomic E-state index is 2.53. The van der Waals surface area contributed by atoms with Crippen molar-refractivity contribution in [2.45, 2.75) is 31.3 Å². The van der Waals surface area contributed by atoms with Crippen LogP contribution in [-0.4, -0.2) is 40.2 Å². The molecule has 1 unspecified atom stereocenters. The van der Waals surface area contributed by atoms with Gasteiger partial charge in [-0.05, 0) is 19.9 Å². The number of piperazine rings is 1. The Balaban J connectivity index is 2.08. The molecule has 64 valence electrons. The third kappa shape index (κ3) is 1.42. The molecule has 0 amide bonds. The molecule has 0 N–H and O–H groups in total. The van der Waals surface area contributed by atoms with Crippen LogP contribution < -0.4 is 0 Å². The monoisotopic (exact) mass is 266 g/mol. The summed E-state index contributed by atoms with van der Waals surface area (Å²) in [7, 11) is 2.27. The summed E-state index contributed by atoms with van der Waals surface area (Å²) in [4.78, 5) is 2.53. The molecule has 1 heterocycles. The first-order valence-electron chi connectivity index (χ1n) is 4.41. The van der Waals surface area contributed by atoms with Crippen molar-refractivity contribution >= 4 is 22.9 Å². The van der Waals surface area contributed by atoms with Gasteiger partial charge in [-0.2, -0.15) is 0 Å². The van der Waals surface area contributed by atoms with Crippen LogP contribution in [0.1, 0.15) is 19.3 Å². The molecule has 0 aromatic rings. The highest BCUT2D eigenvalue weighted by molar-refractivity contribution is 14.1. The van der Waals surface area contributed by atoms with Gasteiger partial charge in [0.2, 0.25) is 0 Å². The highest BCUT2D eigenvalue weighted by atomic mass is 127. The first kappa shape index (κ1) is 8.26. The minimum atomic E-state index is 0.856. The van der Waals surface area contributed by atoms with E-state index in [9.17, 15) is 0 Å². The van der Waals surface area contributed by atoms with Crippen LogP contribution in [0.3, 0.4) is 0 Å². The average Bonchev–Trinajstić information content (AvgIpc) is 2.45. The fourth-order valence-electron chi connectivity index (χ4n) is 2.35. The standard InChI is InChI=1S/C8H15IN2/c1-10-5-6-11(9)8-4-2-3-7(8)10/h7-8H,2-6H2,1H3/t7-,8?/m1/s1. The molecule has 0 aromatic heterocycles. The summed E-state index contributed by atoms with van der Waals surface area (Å²) in [5.74, 6) is 0. The molecule has 11 heavy (non-hydrogen) atoms. The predicted octanol–water partition coefficient (Wildman–Crippen LogP) is 1.50. The SMILES string of the molecule is CN1CCN(I)C2CCC[C@H]21. The smallest absolute Gasteiger partial charge is 0.0350 e. The zero-order valence-electron chi connectivity index (χ0n) is 6.96. The summed E-state index contributed by atoms with van der Waals surface area (Å²) >= 11 is 2.49. The summed E-state index contributed by atoms with van der Waals surface area (Å²) in [5.41, 5.74) is 0. The first-order chi connectivity index (χ1) is 5.29. The zero-order valence-corrected chi connectivity index (χ0v) is 9.12. The van der Waals surface area contributed by atoms with E-state index < -0.39 is 0 Å². The van der Waals surface area contributed by atoms with Gasteiger partial charge >= 0.3 is 0 Å².